The highest BCUT2D eigenvalue weighted by Crippen LogP contribution is 2.27. The third-order valence-electron chi connectivity index (χ3n) is 6.39. The van der Waals surface area contributed by atoms with Gasteiger partial charge >= 0.3 is 6.09 Å². The Morgan fingerprint density at radius 2 is 1.69 bits per heavy atom. The first-order chi connectivity index (χ1) is 17.3. The van der Waals surface area contributed by atoms with Crippen LogP contribution in [0.15, 0.2) is 60.7 Å². The molecule has 2 atom stereocenters. The van der Waals surface area contributed by atoms with Gasteiger partial charge in [-0.05, 0) is 58.2 Å². The largest absolute Gasteiger partial charge is 0.444 e. The predicted octanol–water partition coefficient (Wildman–Crippen LogP) is 3.90. The average molecular weight is 495 g/mol. The third-order valence-corrected chi connectivity index (χ3v) is 6.39. The lowest BCUT2D eigenvalue weighted by atomic mass is 9.90. The van der Waals surface area contributed by atoms with Crippen molar-refractivity contribution in [1.82, 2.24) is 20.9 Å². The van der Waals surface area contributed by atoms with Gasteiger partial charge in [0.1, 0.15) is 5.60 Å². The van der Waals surface area contributed by atoms with Crippen LogP contribution in [0.3, 0.4) is 0 Å². The molecule has 2 aromatic carbocycles. The van der Waals surface area contributed by atoms with E-state index in [2.05, 4.69) is 64.5 Å². The number of hydrogen-bond acceptors (Lipinski definition) is 5. The Hall–Kier alpha value is -2.90. The van der Waals surface area contributed by atoms with Gasteiger partial charge in [0.25, 0.3) is 0 Å². The van der Waals surface area contributed by atoms with Crippen molar-refractivity contribution in [2.24, 2.45) is 0 Å². The molecule has 0 radical (unpaired) electrons. The summed E-state index contributed by atoms with van der Waals surface area (Å²) in [6.45, 7) is 8.14. The molecule has 3 N–H and O–H groups in total. The summed E-state index contributed by atoms with van der Waals surface area (Å²) in [6.07, 6.45) is 1.79. The highest BCUT2D eigenvalue weighted by atomic mass is 16.6. The van der Waals surface area contributed by atoms with Gasteiger partial charge in [-0.2, -0.15) is 0 Å². The van der Waals surface area contributed by atoms with Crippen molar-refractivity contribution in [3.8, 4) is 0 Å². The number of hydrogen-bond donors (Lipinski definition) is 3. The van der Waals surface area contributed by atoms with Crippen LogP contribution in [0.25, 0.3) is 0 Å². The van der Waals surface area contributed by atoms with Crippen LogP contribution < -0.4 is 16.0 Å². The van der Waals surface area contributed by atoms with Crippen molar-refractivity contribution < 1.29 is 14.3 Å². The zero-order chi connectivity index (χ0) is 26.0. The van der Waals surface area contributed by atoms with E-state index in [9.17, 15) is 9.59 Å². The molecule has 7 heteroatoms. The number of ether oxygens (including phenoxy) is 1. The summed E-state index contributed by atoms with van der Waals surface area (Å²) in [5, 5.41) is 9.63. The van der Waals surface area contributed by atoms with Gasteiger partial charge < -0.3 is 25.6 Å². The third kappa shape index (κ3) is 8.64. The molecule has 1 unspecified atom stereocenters. The molecule has 0 aromatic heterocycles. The number of rotatable bonds is 10. The maximum Gasteiger partial charge on any atom is 0.407 e. The lowest BCUT2D eigenvalue weighted by Crippen LogP contribution is -2.48. The first-order valence-electron chi connectivity index (χ1n) is 13.0. The lowest BCUT2D eigenvalue weighted by Gasteiger charge is -2.29. The molecule has 0 spiro atoms. The van der Waals surface area contributed by atoms with Crippen molar-refractivity contribution in [1.29, 1.82) is 0 Å². The van der Waals surface area contributed by atoms with Crippen LogP contribution in [0.1, 0.15) is 57.1 Å². The second-order valence-electron chi connectivity index (χ2n) is 10.5. The van der Waals surface area contributed by atoms with E-state index in [0.717, 1.165) is 13.0 Å². The molecule has 0 saturated carbocycles. The maximum absolute atomic E-state index is 13.7. The SMILES string of the molecule is CNCC1CCN(CC(c2ccccc2)c2ccccc2)C(=O)[C@H](CCCNC(=O)OC(C)(C)C)N1. The smallest absolute Gasteiger partial charge is 0.407 e. The van der Waals surface area contributed by atoms with E-state index >= 15 is 0 Å². The van der Waals surface area contributed by atoms with Crippen LogP contribution in [0.4, 0.5) is 4.79 Å². The van der Waals surface area contributed by atoms with Crippen LogP contribution in [-0.2, 0) is 9.53 Å². The summed E-state index contributed by atoms with van der Waals surface area (Å²) < 4.78 is 5.32. The molecular weight excluding hydrogens is 452 g/mol. The van der Waals surface area contributed by atoms with Crippen molar-refractivity contribution in [3.63, 3.8) is 0 Å². The Morgan fingerprint density at radius 3 is 2.25 bits per heavy atom. The van der Waals surface area contributed by atoms with Crippen molar-refractivity contribution in [2.75, 3.05) is 33.2 Å². The molecule has 3 rings (SSSR count). The zero-order valence-electron chi connectivity index (χ0n) is 22.1. The topological polar surface area (TPSA) is 82.7 Å². The number of nitrogens with one attached hydrogen (secondary N) is 3. The number of amides is 2. The van der Waals surface area contributed by atoms with Crippen LogP contribution in [0, 0.1) is 0 Å². The first-order valence-corrected chi connectivity index (χ1v) is 13.0. The Labute approximate surface area is 216 Å². The van der Waals surface area contributed by atoms with E-state index in [1.807, 2.05) is 44.9 Å². The van der Waals surface area contributed by atoms with Gasteiger partial charge in [0.2, 0.25) is 5.91 Å². The number of nitrogens with zero attached hydrogens (tertiary/aromatic N) is 1. The summed E-state index contributed by atoms with van der Waals surface area (Å²) in [4.78, 5) is 27.7. The average Bonchev–Trinajstić information content (AvgIpc) is 2.99. The maximum atomic E-state index is 13.7. The van der Waals surface area contributed by atoms with Crippen molar-refractivity contribution in [3.05, 3.63) is 71.8 Å². The second-order valence-corrected chi connectivity index (χ2v) is 10.5. The Morgan fingerprint density at radius 1 is 1.08 bits per heavy atom. The Kier molecular flexibility index (Phi) is 10.3. The summed E-state index contributed by atoms with van der Waals surface area (Å²) in [5.74, 6) is 0.231. The molecule has 2 amide bonds. The molecule has 1 fully saturated rings. The molecule has 1 aliphatic rings. The Balaban J connectivity index is 1.70. The molecule has 1 heterocycles. The Bertz CT molecular complexity index is 906. The van der Waals surface area contributed by atoms with E-state index in [0.29, 0.717) is 32.5 Å². The van der Waals surface area contributed by atoms with Gasteiger partial charge in [-0.15, -0.1) is 0 Å². The normalized spacial score (nSPS) is 18.7. The molecule has 7 nitrogen and oxygen atoms in total. The highest BCUT2D eigenvalue weighted by molar-refractivity contribution is 5.82. The fraction of sp³-hybridized carbons (Fsp3) is 0.517. The van der Waals surface area contributed by atoms with Crippen LogP contribution in [0.2, 0.25) is 0 Å². The fourth-order valence-electron chi connectivity index (χ4n) is 4.68. The lowest BCUT2D eigenvalue weighted by molar-refractivity contribution is -0.133. The minimum atomic E-state index is -0.530. The van der Waals surface area contributed by atoms with E-state index in [1.165, 1.54) is 11.1 Å². The van der Waals surface area contributed by atoms with Crippen molar-refractivity contribution >= 4 is 12.0 Å². The first kappa shape index (κ1) is 27.7. The number of likely N-dealkylation sites (N-methyl/N-ethyl adjacent to an activating group) is 1. The van der Waals surface area contributed by atoms with Crippen LogP contribution in [-0.4, -0.2) is 67.8 Å². The minimum absolute atomic E-state index is 0.103. The van der Waals surface area contributed by atoms with Gasteiger partial charge in [-0.3, -0.25) is 4.79 Å². The van der Waals surface area contributed by atoms with Gasteiger partial charge in [-0.25, -0.2) is 4.79 Å². The van der Waals surface area contributed by atoms with Gasteiger partial charge in [-0.1, -0.05) is 60.7 Å². The van der Waals surface area contributed by atoms with Crippen molar-refractivity contribution in [2.45, 2.75) is 63.6 Å². The highest BCUT2D eigenvalue weighted by Gasteiger charge is 2.32. The minimum Gasteiger partial charge on any atom is -0.444 e. The van der Waals surface area contributed by atoms with Crippen LogP contribution >= 0.6 is 0 Å². The molecule has 0 aliphatic carbocycles. The standard InChI is InChI=1S/C29H42N4O3/c1-29(2,3)36-28(35)31-18-11-16-26-27(34)33(19-17-24(32-26)20-30-4)21-25(22-12-7-5-8-13-22)23-14-9-6-10-15-23/h5-10,12-15,24-26,30,32H,11,16-21H2,1-4H3,(H,31,35)/t24?,26-/m0/s1. The molecule has 2 aromatic rings. The second kappa shape index (κ2) is 13.4. The number of alkyl carbamates (subject to hydrolysis) is 1. The number of carbonyl (C=O) groups is 2. The van der Waals surface area contributed by atoms with E-state index in [-0.39, 0.29) is 23.9 Å². The summed E-state index contributed by atoms with van der Waals surface area (Å²) >= 11 is 0. The predicted molar refractivity (Wildman–Crippen MR) is 144 cm³/mol. The summed E-state index contributed by atoms with van der Waals surface area (Å²) in [5.41, 5.74) is 1.88. The zero-order valence-corrected chi connectivity index (χ0v) is 22.1. The number of benzene rings is 2. The quantitative estimate of drug-likeness (QED) is 0.437. The van der Waals surface area contributed by atoms with E-state index in [4.69, 9.17) is 4.74 Å². The van der Waals surface area contributed by atoms with E-state index < -0.39 is 11.7 Å². The van der Waals surface area contributed by atoms with Gasteiger partial charge in [0, 0.05) is 38.1 Å². The molecule has 1 saturated heterocycles. The van der Waals surface area contributed by atoms with Gasteiger partial charge in [0.15, 0.2) is 0 Å². The fourth-order valence-corrected chi connectivity index (χ4v) is 4.68. The monoisotopic (exact) mass is 494 g/mol. The summed E-state index contributed by atoms with van der Waals surface area (Å²) in [7, 11) is 1.94. The van der Waals surface area contributed by atoms with E-state index in [1.54, 1.807) is 0 Å². The van der Waals surface area contributed by atoms with Gasteiger partial charge in [0.05, 0.1) is 6.04 Å². The molecular formula is C29H42N4O3. The molecule has 36 heavy (non-hydrogen) atoms. The van der Waals surface area contributed by atoms with Crippen LogP contribution in [0.5, 0.6) is 0 Å². The molecule has 0 bridgehead atoms. The summed E-state index contributed by atoms with van der Waals surface area (Å²) in [6, 6.07) is 20.8. The number of carbonyl (C=O) groups excluding carboxylic acids is 2. The molecule has 1 aliphatic heterocycles. The molecule has 196 valence electrons.